The summed E-state index contributed by atoms with van der Waals surface area (Å²) in [5.74, 6) is 5.98. The van der Waals surface area contributed by atoms with Crippen LogP contribution in [0.1, 0.15) is 49.7 Å². The summed E-state index contributed by atoms with van der Waals surface area (Å²) in [4.78, 5) is 23.5. The van der Waals surface area contributed by atoms with Gasteiger partial charge < -0.3 is 16.0 Å². The minimum atomic E-state index is -0.590. The highest BCUT2D eigenvalue weighted by Gasteiger charge is 2.39. The number of amides is 2. The van der Waals surface area contributed by atoms with Crippen molar-refractivity contribution in [3.05, 3.63) is 29.3 Å². The molecule has 0 radical (unpaired) electrons. The van der Waals surface area contributed by atoms with Gasteiger partial charge in [-0.3, -0.25) is 14.9 Å². The summed E-state index contributed by atoms with van der Waals surface area (Å²) in [5, 5.41) is 17.4. The summed E-state index contributed by atoms with van der Waals surface area (Å²) >= 11 is 0. The van der Waals surface area contributed by atoms with Crippen molar-refractivity contribution in [2.75, 3.05) is 25.5 Å². The van der Waals surface area contributed by atoms with Crippen LogP contribution in [-0.2, 0) is 9.59 Å². The van der Waals surface area contributed by atoms with Crippen LogP contribution in [-0.4, -0.2) is 37.7 Å². The van der Waals surface area contributed by atoms with Crippen LogP contribution in [0, 0.1) is 34.5 Å². The van der Waals surface area contributed by atoms with Crippen molar-refractivity contribution in [3.63, 3.8) is 0 Å². The number of anilines is 1. The van der Waals surface area contributed by atoms with E-state index >= 15 is 0 Å². The van der Waals surface area contributed by atoms with Gasteiger partial charge in [-0.15, -0.1) is 0 Å². The molecule has 152 valence electrons. The smallest absolute Gasteiger partial charge is 0.235 e. The zero-order chi connectivity index (χ0) is 20.4. The Labute approximate surface area is 171 Å². The molecule has 3 fully saturated rings. The predicted molar refractivity (Wildman–Crippen MR) is 113 cm³/mol. The molecule has 2 amide bonds. The highest BCUT2D eigenvalue weighted by atomic mass is 16.2. The van der Waals surface area contributed by atoms with Gasteiger partial charge in [-0.05, 0) is 55.7 Å². The number of hydrogen-bond donors (Lipinski definition) is 4. The second-order valence-corrected chi connectivity index (χ2v) is 8.57. The lowest BCUT2D eigenvalue weighted by molar-refractivity contribution is -0.134. The molecule has 0 aromatic heterocycles. The van der Waals surface area contributed by atoms with E-state index in [0.29, 0.717) is 23.3 Å². The number of carbonyl (C=O) groups excluding carboxylic acids is 2. The Morgan fingerprint density at radius 3 is 2.59 bits per heavy atom. The fourth-order valence-corrected chi connectivity index (χ4v) is 4.61. The average molecular weight is 393 g/mol. The number of hydrogen-bond acceptors (Lipinski definition) is 5. The molecule has 2 aliphatic heterocycles. The van der Waals surface area contributed by atoms with Crippen molar-refractivity contribution in [2.45, 2.75) is 38.5 Å². The molecule has 1 spiro atoms. The topological polar surface area (TPSA) is 94.1 Å². The Bertz CT molecular complexity index is 897. The van der Waals surface area contributed by atoms with E-state index in [0.717, 1.165) is 11.3 Å². The first-order valence-corrected chi connectivity index (χ1v) is 10.5. The Morgan fingerprint density at radius 2 is 1.97 bits per heavy atom. The van der Waals surface area contributed by atoms with Gasteiger partial charge >= 0.3 is 0 Å². The van der Waals surface area contributed by atoms with Crippen LogP contribution in [0.3, 0.4) is 0 Å². The van der Waals surface area contributed by atoms with Gasteiger partial charge in [0.1, 0.15) is 0 Å². The van der Waals surface area contributed by atoms with E-state index in [1.54, 1.807) is 7.05 Å². The third-order valence-electron chi connectivity index (χ3n) is 6.63. The molecule has 4 N–H and O–H groups in total. The SMILES string of the molecule is CNc1cc(C#CC2CCC3(CC2)CNC3)ccc1C(=N)C1CCC(=O)NC1=O. The van der Waals surface area contributed by atoms with Gasteiger partial charge in [0.2, 0.25) is 11.8 Å². The monoisotopic (exact) mass is 392 g/mol. The first-order chi connectivity index (χ1) is 14.0. The van der Waals surface area contributed by atoms with Crippen molar-refractivity contribution in [2.24, 2.45) is 17.3 Å². The third-order valence-corrected chi connectivity index (χ3v) is 6.63. The molecule has 3 aliphatic rings. The summed E-state index contributed by atoms with van der Waals surface area (Å²) in [5.41, 5.74) is 3.18. The number of carbonyl (C=O) groups is 2. The van der Waals surface area contributed by atoms with E-state index in [2.05, 4.69) is 27.8 Å². The lowest BCUT2D eigenvalue weighted by Crippen LogP contribution is -2.54. The van der Waals surface area contributed by atoms with Crippen molar-refractivity contribution in [1.82, 2.24) is 10.6 Å². The van der Waals surface area contributed by atoms with Gasteiger partial charge in [-0.1, -0.05) is 11.8 Å². The quantitative estimate of drug-likeness (QED) is 0.361. The fourth-order valence-electron chi connectivity index (χ4n) is 4.61. The zero-order valence-electron chi connectivity index (χ0n) is 16.9. The van der Waals surface area contributed by atoms with Crippen molar-refractivity contribution in [3.8, 4) is 11.8 Å². The summed E-state index contributed by atoms with van der Waals surface area (Å²) in [6, 6.07) is 5.73. The van der Waals surface area contributed by atoms with Crippen LogP contribution < -0.4 is 16.0 Å². The van der Waals surface area contributed by atoms with Gasteiger partial charge in [-0.25, -0.2) is 0 Å². The standard InChI is InChI=1S/C23H28N4O2/c1-25-19-12-16(3-2-15-8-10-23(11-9-15)13-26-14-23)4-5-17(19)21(24)18-6-7-20(28)27-22(18)29/h4-5,12,15,18,24-26H,6-11,13-14H2,1H3,(H,27,28,29). The van der Waals surface area contributed by atoms with E-state index in [9.17, 15) is 9.59 Å². The molecule has 1 unspecified atom stereocenters. The van der Waals surface area contributed by atoms with Crippen LogP contribution in [0.2, 0.25) is 0 Å². The molecule has 4 rings (SSSR count). The van der Waals surface area contributed by atoms with Gasteiger partial charge in [-0.2, -0.15) is 0 Å². The van der Waals surface area contributed by atoms with Gasteiger partial charge in [0.05, 0.1) is 11.6 Å². The lowest BCUT2D eigenvalue weighted by atomic mass is 9.67. The molecule has 1 saturated carbocycles. The summed E-state index contributed by atoms with van der Waals surface area (Å²) in [6.07, 6.45) is 5.53. The van der Waals surface area contributed by atoms with Gasteiger partial charge in [0.25, 0.3) is 0 Å². The molecule has 0 bridgehead atoms. The summed E-state index contributed by atoms with van der Waals surface area (Å²) in [6.45, 7) is 2.33. The largest absolute Gasteiger partial charge is 0.388 e. The fraction of sp³-hybridized carbons (Fsp3) is 0.522. The first kappa shape index (κ1) is 19.7. The Morgan fingerprint density at radius 1 is 1.21 bits per heavy atom. The van der Waals surface area contributed by atoms with E-state index < -0.39 is 5.92 Å². The number of piperidine rings is 1. The molecule has 6 nitrogen and oxygen atoms in total. The molecular formula is C23H28N4O2. The predicted octanol–water partition coefficient (Wildman–Crippen LogP) is 2.28. The number of benzene rings is 1. The minimum Gasteiger partial charge on any atom is -0.388 e. The number of nitrogens with one attached hydrogen (secondary N) is 4. The molecule has 2 saturated heterocycles. The number of rotatable bonds is 3. The molecule has 2 heterocycles. The molecule has 6 heteroatoms. The average Bonchev–Trinajstić information content (AvgIpc) is 2.71. The van der Waals surface area contributed by atoms with Crippen LogP contribution >= 0.6 is 0 Å². The van der Waals surface area contributed by atoms with Crippen molar-refractivity contribution >= 4 is 23.2 Å². The summed E-state index contributed by atoms with van der Waals surface area (Å²) in [7, 11) is 1.81. The van der Waals surface area contributed by atoms with E-state index in [-0.39, 0.29) is 23.9 Å². The molecule has 29 heavy (non-hydrogen) atoms. The lowest BCUT2D eigenvalue weighted by Gasteiger charge is -2.46. The van der Waals surface area contributed by atoms with Crippen molar-refractivity contribution < 1.29 is 9.59 Å². The van der Waals surface area contributed by atoms with Crippen LogP contribution in [0.15, 0.2) is 18.2 Å². The maximum absolute atomic E-state index is 12.1. The van der Waals surface area contributed by atoms with E-state index in [1.165, 1.54) is 38.8 Å². The maximum atomic E-state index is 12.1. The Hall–Kier alpha value is -2.65. The third kappa shape index (κ3) is 4.06. The molecule has 1 aliphatic carbocycles. The maximum Gasteiger partial charge on any atom is 0.235 e. The Kier molecular flexibility index (Phi) is 5.42. The zero-order valence-corrected chi connectivity index (χ0v) is 16.9. The first-order valence-electron chi connectivity index (χ1n) is 10.5. The molecule has 1 aromatic rings. The second kappa shape index (κ2) is 8.00. The second-order valence-electron chi connectivity index (χ2n) is 8.57. The summed E-state index contributed by atoms with van der Waals surface area (Å²) < 4.78 is 0. The molecular weight excluding hydrogens is 364 g/mol. The highest BCUT2D eigenvalue weighted by Crippen LogP contribution is 2.41. The minimum absolute atomic E-state index is 0.241. The normalized spacial score (nSPS) is 23.6. The van der Waals surface area contributed by atoms with Crippen LogP contribution in [0.4, 0.5) is 5.69 Å². The number of imide groups is 1. The van der Waals surface area contributed by atoms with Gasteiger partial charge in [0, 0.05) is 49.3 Å². The van der Waals surface area contributed by atoms with E-state index in [1.807, 2.05) is 18.2 Å². The molecule has 1 aromatic carbocycles. The molecule has 1 atom stereocenters. The van der Waals surface area contributed by atoms with Crippen LogP contribution in [0.5, 0.6) is 0 Å². The van der Waals surface area contributed by atoms with Crippen LogP contribution in [0.25, 0.3) is 0 Å². The van der Waals surface area contributed by atoms with Gasteiger partial charge in [0.15, 0.2) is 0 Å². The Balaban J connectivity index is 1.45. The highest BCUT2D eigenvalue weighted by molar-refractivity contribution is 6.17. The van der Waals surface area contributed by atoms with Crippen molar-refractivity contribution in [1.29, 1.82) is 5.41 Å². The van der Waals surface area contributed by atoms with E-state index in [4.69, 9.17) is 5.41 Å².